The molecule has 0 heterocycles. The van der Waals surface area contributed by atoms with Crippen molar-refractivity contribution in [1.29, 1.82) is 0 Å². The molecule has 0 aliphatic heterocycles. The van der Waals surface area contributed by atoms with E-state index in [1.807, 2.05) is 25.2 Å². The first-order chi connectivity index (χ1) is 6.15. The average molecular weight is 199 g/mol. The van der Waals surface area contributed by atoms with Crippen LogP contribution in [0.5, 0.6) is 0 Å². The van der Waals surface area contributed by atoms with E-state index in [1.54, 1.807) is 0 Å². The van der Waals surface area contributed by atoms with Gasteiger partial charge in [-0.1, -0.05) is 24.6 Å². The zero-order valence-corrected chi connectivity index (χ0v) is 8.80. The summed E-state index contributed by atoms with van der Waals surface area (Å²) in [7, 11) is 2.04. The summed E-state index contributed by atoms with van der Waals surface area (Å²) in [5, 5.41) is 0.750. The van der Waals surface area contributed by atoms with Gasteiger partial charge in [-0.05, 0) is 25.7 Å². The Labute approximate surface area is 84.3 Å². The zero-order valence-electron chi connectivity index (χ0n) is 8.05. The van der Waals surface area contributed by atoms with Crippen LogP contribution in [0.15, 0.2) is 18.2 Å². The molecule has 0 aromatic heterocycles. The van der Waals surface area contributed by atoms with Gasteiger partial charge in [0.1, 0.15) is 0 Å². The van der Waals surface area contributed by atoms with Gasteiger partial charge < -0.3 is 10.6 Å². The topological polar surface area (TPSA) is 29.3 Å². The summed E-state index contributed by atoms with van der Waals surface area (Å²) in [5.74, 6) is 0. The summed E-state index contributed by atoms with van der Waals surface area (Å²) in [4.78, 5) is 2.16. The van der Waals surface area contributed by atoms with Crippen LogP contribution in [0.1, 0.15) is 12.5 Å². The van der Waals surface area contributed by atoms with Crippen molar-refractivity contribution in [2.45, 2.75) is 13.5 Å². The van der Waals surface area contributed by atoms with E-state index in [-0.39, 0.29) is 0 Å². The van der Waals surface area contributed by atoms with Crippen LogP contribution in [0.2, 0.25) is 5.02 Å². The second kappa shape index (κ2) is 4.49. The van der Waals surface area contributed by atoms with Crippen LogP contribution in [-0.2, 0) is 6.54 Å². The molecule has 2 nitrogen and oxygen atoms in total. The van der Waals surface area contributed by atoms with Crippen LogP contribution in [0.3, 0.4) is 0 Å². The molecule has 0 fully saturated rings. The maximum atomic E-state index is 6.02. The maximum absolute atomic E-state index is 6.02. The van der Waals surface area contributed by atoms with E-state index in [9.17, 15) is 0 Å². The van der Waals surface area contributed by atoms with Crippen LogP contribution >= 0.6 is 11.6 Å². The molecule has 0 atom stereocenters. The van der Waals surface area contributed by atoms with E-state index < -0.39 is 0 Å². The Morgan fingerprint density at radius 3 is 2.69 bits per heavy atom. The van der Waals surface area contributed by atoms with Crippen LogP contribution in [0, 0.1) is 0 Å². The summed E-state index contributed by atoms with van der Waals surface area (Å²) in [5.41, 5.74) is 7.61. The van der Waals surface area contributed by atoms with Crippen molar-refractivity contribution in [3.63, 3.8) is 0 Å². The summed E-state index contributed by atoms with van der Waals surface area (Å²) >= 11 is 6.02. The highest BCUT2D eigenvalue weighted by Gasteiger charge is 2.05. The first-order valence-corrected chi connectivity index (χ1v) is 4.74. The van der Waals surface area contributed by atoms with Gasteiger partial charge in [-0.3, -0.25) is 0 Å². The average Bonchev–Trinajstić information content (AvgIpc) is 2.11. The normalized spacial score (nSPS) is 10.8. The minimum Gasteiger partial charge on any atom is -0.398 e. The Hall–Kier alpha value is -0.730. The molecule has 0 saturated heterocycles. The van der Waals surface area contributed by atoms with Crippen molar-refractivity contribution >= 4 is 17.3 Å². The fourth-order valence-electron chi connectivity index (χ4n) is 1.12. The highest BCUT2D eigenvalue weighted by Crippen LogP contribution is 2.22. The van der Waals surface area contributed by atoms with Gasteiger partial charge in [0, 0.05) is 22.8 Å². The van der Waals surface area contributed by atoms with E-state index in [1.165, 1.54) is 0 Å². The van der Waals surface area contributed by atoms with Crippen molar-refractivity contribution in [2.24, 2.45) is 0 Å². The standard InChI is InChI=1S/C10H15ClN2/c1-3-13(2)7-8-9(11)5-4-6-10(8)12/h4-6H,3,7,12H2,1-2H3. The Kier molecular flexibility index (Phi) is 3.58. The summed E-state index contributed by atoms with van der Waals surface area (Å²) < 4.78 is 0. The lowest BCUT2D eigenvalue weighted by atomic mass is 10.1. The van der Waals surface area contributed by atoms with Crippen molar-refractivity contribution < 1.29 is 0 Å². The molecule has 0 bridgehead atoms. The predicted octanol–water partition coefficient (Wildman–Crippen LogP) is 2.37. The molecule has 0 saturated carbocycles. The molecule has 3 heteroatoms. The molecule has 1 aromatic carbocycles. The lowest BCUT2D eigenvalue weighted by Gasteiger charge is -2.16. The van der Waals surface area contributed by atoms with Crippen LogP contribution < -0.4 is 5.73 Å². The lowest BCUT2D eigenvalue weighted by molar-refractivity contribution is 0.346. The van der Waals surface area contributed by atoms with Gasteiger partial charge in [0.2, 0.25) is 0 Å². The third-order valence-corrected chi connectivity index (χ3v) is 2.48. The third kappa shape index (κ3) is 2.61. The molecule has 72 valence electrons. The SMILES string of the molecule is CCN(C)Cc1c(N)cccc1Cl. The predicted molar refractivity (Wildman–Crippen MR) is 57.9 cm³/mol. The number of nitrogens with two attached hydrogens (primary N) is 1. The first kappa shape index (κ1) is 10.4. The minimum atomic E-state index is 0.750. The summed E-state index contributed by atoms with van der Waals surface area (Å²) in [6.07, 6.45) is 0. The number of nitrogen functional groups attached to an aromatic ring is 1. The molecule has 1 aromatic rings. The molecule has 2 N–H and O–H groups in total. The fourth-order valence-corrected chi connectivity index (χ4v) is 1.37. The zero-order chi connectivity index (χ0) is 9.84. The number of nitrogens with zero attached hydrogens (tertiary/aromatic N) is 1. The molecule has 0 spiro atoms. The number of halogens is 1. The van der Waals surface area contributed by atoms with Gasteiger partial charge in [-0.15, -0.1) is 0 Å². The summed E-state index contributed by atoms with van der Waals surface area (Å²) in [6.45, 7) is 3.90. The van der Waals surface area contributed by atoms with Gasteiger partial charge in [-0.2, -0.15) is 0 Å². The second-order valence-electron chi connectivity index (χ2n) is 3.14. The third-order valence-electron chi connectivity index (χ3n) is 2.12. The van der Waals surface area contributed by atoms with Crippen LogP contribution in [0.4, 0.5) is 5.69 Å². The van der Waals surface area contributed by atoms with E-state index in [0.717, 1.165) is 29.4 Å². The van der Waals surface area contributed by atoms with Gasteiger partial charge in [0.05, 0.1) is 0 Å². The van der Waals surface area contributed by atoms with E-state index in [2.05, 4.69) is 11.8 Å². The molecular formula is C10H15ClN2. The Balaban J connectivity index is 2.87. The van der Waals surface area contributed by atoms with Crippen LogP contribution in [0.25, 0.3) is 0 Å². The highest BCUT2D eigenvalue weighted by molar-refractivity contribution is 6.31. The van der Waals surface area contributed by atoms with E-state index >= 15 is 0 Å². The molecule has 1 rings (SSSR count). The smallest absolute Gasteiger partial charge is 0.0471 e. The fraction of sp³-hybridized carbons (Fsp3) is 0.400. The molecule has 0 amide bonds. The number of benzene rings is 1. The molecule has 0 unspecified atom stereocenters. The largest absolute Gasteiger partial charge is 0.398 e. The Morgan fingerprint density at radius 2 is 2.15 bits per heavy atom. The minimum absolute atomic E-state index is 0.750. The van der Waals surface area contributed by atoms with Crippen molar-refractivity contribution in [3.8, 4) is 0 Å². The van der Waals surface area contributed by atoms with E-state index in [4.69, 9.17) is 17.3 Å². The lowest BCUT2D eigenvalue weighted by Crippen LogP contribution is -2.17. The molecule has 0 aliphatic carbocycles. The number of rotatable bonds is 3. The van der Waals surface area contributed by atoms with Gasteiger partial charge in [0.25, 0.3) is 0 Å². The van der Waals surface area contributed by atoms with Crippen molar-refractivity contribution in [1.82, 2.24) is 4.90 Å². The second-order valence-corrected chi connectivity index (χ2v) is 3.55. The van der Waals surface area contributed by atoms with Gasteiger partial charge in [-0.25, -0.2) is 0 Å². The van der Waals surface area contributed by atoms with Gasteiger partial charge in [0.15, 0.2) is 0 Å². The maximum Gasteiger partial charge on any atom is 0.0471 e. The van der Waals surface area contributed by atoms with Gasteiger partial charge >= 0.3 is 0 Å². The highest BCUT2D eigenvalue weighted by atomic mass is 35.5. The van der Waals surface area contributed by atoms with E-state index in [0.29, 0.717) is 0 Å². The first-order valence-electron chi connectivity index (χ1n) is 4.36. The summed E-state index contributed by atoms with van der Waals surface area (Å²) in [6, 6.07) is 5.62. The molecule has 0 aliphatic rings. The van der Waals surface area contributed by atoms with Crippen LogP contribution in [-0.4, -0.2) is 18.5 Å². The molecular weight excluding hydrogens is 184 g/mol. The Bertz CT molecular complexity index is 266. The van der Waals surface area contributed by atoms with Crippen molar-refractivity contribution in [2.75, 3.05) is 19.3 Å². The van der Waals surface area contributed by atoms with Crippen molar-refractivity contribution in [3.05, 3.63) is 28.8 Å². The quantitative estimate of drug-likeness (QED) is 0.756. The number of hydrogen-bond donors (Lipinski definition) is 1. The molecule has 13 heavy (non-hydrogen) atoms. The monoisotopic (exact) mass is 198 g/mol. The molecule has 0 radical (unpaired) electrons. The number of anilines is 1. The number of hydrogen-bond acceptors (Lipinski definition) is 2. The Morgan fingerprint density at radius 1 is 1.46 bits per heavy atom.